The molecule has 0 saturated carbocycles. The van der Waals surface area contributed by atoms with Crippen molar-refractivity contribution in [2.45, 2.75) is 32.5 Å². The summed E-state index contributed by atoms with van der Waals surface area (Å²) < 4.78 is 11.9. The molecule has 2 atom stereocenters. The van der Waals surface area contributed by atoms with Crippen LogP contribution in [0, 0.1) is 12.1 Å². The Balaban J connectivity index is 0.000000184. The van der Waals surface area contributed by atoms with Gasteiger partial charge in [-0.3, -0.25) is 0 Å². The van der Waals surface area contributed by atoms with Gasteiger partial charge in [0.25, 0.3) is 0 Å². The second-order valence-electron chi connectivity index (χ2n) is 12.4. The number of rotatable bonds is 5. The number of benzene rings is 4. The Hall–Kier alpha value is -5.70. The second kappa shape index (κ2) is 22.3. The van der Waals surface area contributed by atoms with Crippen LogP contribution in [0.1, 0.15) is 30.8 Å². The van der Waals surface area contributed by atoms with E-state index in [9.17, 15) is 4.79 Å². The first-order valence-corrected chi connectivity index (χ1v) is 17.8. The maximum Gasteiger partial charge on any atom is 0.354 e. The van der Waals surface area contributed by atoms with E-state index in [2.05, 4.69) is 36.9 Å². The summed E-state index contributed by atoms with van der Waals surface area (Å²) in [6, 6.07) is 50.3. The SMILES string of the molecule is CC(O)CC(C)O.O=C(O)c1ccccn1.[Pt].[Pt].[c-]1cccc2c1N(c1ccccn1)c1ccccc1O2.[c-]1cccc2c1N(c1ccccn1)c1ccccc1O2. The smallest absolute Gasteiger partial charge is 0.354 e. The summed E-state index contributed by atoms with van der Waals surface area (Å²) in [6.45, 7) is 3.32. The van der Waals surface area contributed by atoms with Crippen LogP contribution in [-0.2, 0) is 42.1 Å². The Morgan fingerprint density at radius 3 is 1.31 bits per heavy atom. The zero-order valence-corrected chi connectivity index (χ0v) is 35.9. The molecule has 3 N–H and O–H groups in total. The Bertz CT molecular complexity index is 2090. The maximum atomic E-state index is 10.1. The Morgan fingerprint density at radius 2 is 0.966 bits per heavy atom. The van der Waals surface area contributed by atoms with Crippen LogP contribution in [0.25, 0.3) is 0 Å². The first-order valence-electron chi connectivity index (χ1n) is 17.8. The standard InChI is InChI=1S/2C17H11N2O.C6H5NO2.C5H12O2.2Pt/c2*1-3-9-15-13(7-1)19(17-11-5-6-12-18-17)14-8-2-4-10-16(14)20-15;8-6(9)5-3-1-2-4-7-5;1-4(6)3-5(2)7;;/h2*1-7,9-12H;1-4H,(H,8,9);4-7H,3H2,1-2H3;;/q2*-1;;;;. The molecule has 2 aliphatic rings. The fourth-order valence-electron chi connectivity index (χ4n) is 5.70. The summed E-state index contributed by atoms with van der Waals surface area (Å²) in [6.07, 6.45) is 4.75. The number of carbonyl (C=O) groups is 1. The van der Waals surface area contributed by atoms with E-state index in [1.165, 1.54) is 12.3 Å². The monoisotopic (exact) mass is 1140 g/mol. The van der Waals surface area contributed by atoms with Crippen LogP contribution in [-0.4, -0.2) is 48.4 Å². The van der Waals surface area contributed by atoms with Gasteiger partial charge in [0.1, 0.15) is 28.8 Å². The molecule has 58 heavy (non-hydrogen) atoms. The molecule has 0 spiro atoms. The molecule has 0 bridgehead atoms. The Morgan fingerprint density at radius 1 is 0.569 bits per heavy atom. The molecule has 0 radical (unpaired) electrons. The molecule has 3 aromatic heterocycles. The second-order valence-corrected chi connectivity index (χ2v) is 12.4. The van der Waals surface area contributed by atoms with E-state index < -0.39 is 5.97 Å². The molecule has 11 nitrogen and oxygen atoms in total. The van der Waals surface area contributed by atoms with Gasteiger partial charge in [0.2, 0.25) is 0 Å². The number of anilines is 6. The van der Waals surface area contributed by atoms with Gasteiger partial charge < -0.3 is 34.6 Å². The van der Waals surface area contributed by atoms with Crippen LogP contribution < -0.4 is 19.3 Å². The first kappa shape index (κ1) is 45.0. The summed E-state index contributed by atoms with van der Waals surface area (Å²) in [5, 5.41) is 25.4. The van der Waals surface area contributed by atoms with Gasteiger partial charge in [0.15, 0.2) is 0 Å². The van der Waals surface area contributed by atoms with Crippen molar-refractivity contribution in [2.24, 2.45) is 0 Å². The number of hydrogen-bond donors (Lipinski definition) is 3. The number of carboxylic acid groups (broad SMARTS) is 1. The van der Waals surface area contributed by atoms with Crippen molar-refractivity contribution in [1.82, 2.24) is 15.0 Å². The van der Waals surface area contributed by atoms with E-state index in [0.29, 0.717) is 6.42 Å². The molecule has 0 amide bonds. The molecule has 7 aromatic rings. The number of para-hydroxylation sites is 6. The van der Waals surface area contributed by atoms with Crippen molar-refractivity contribution in [3.8, 4) is 23.0 Å². The fraction of sp³-hybridized carbons (Fsp3) is 0.111. The minimum atomic E-state index is -0.990. The van der Waals surface area contributed by atoms with Crippen LogP contribution in [0.15, 0.2) is 158 Å². The summed E-state index contributed by atoms with van der Waals surface area (Å²) in [5.41, 5.74) is 3.79. The number of carboxylic acids is 1. The summed E-state index contributed by atoms with van der Waals surface area (Å²) in [7, 11) is 0. The van der Waals surface area contributed by atoms with Gasteiger partial charge in [0, 0.05) is 72.2 Å². The summed E-state index contributed by atoms with van der Waals surface area (Å²) >= 11 is 0. The van der Waals surface area contributed by atoms with Gasteiger partial charge in [-0.15, -0.1) is 12.1 Å². The van der Waals surface area contributed by atoms with Gasteiger partial charge >= 0.3 is 5.97 Å². The predicted molar refractivity (Wildman–Crippen MR) is 215 cm³/mol. The quantitative estimate of drug-likeness (QED) is 0.142. The predicted octanol–water partition coefficient (Wildman–Crippen LogP) is 9.83. The number of aliphatic hydroxyl groups is 2. The Labute approximate surface area is 366 Å². The van der Waals surface area contributed by atoms with E-state index in [-0.39, 0.29) is 60.0 Å². The number of aliphatic hydroxyl groups excluding tert-OH is 2. The number of aromatic nitrogens is 3. The third-order valence-electron chi connectivity index (χ3n) is 8.02. The molecule has 4 aromatic carbocycles. The number of ether oxygens (including phenoxy) is 2. The van der Waals surface area contributed by atoms with Crippen molar-refractivity contribution in [3.63, 3.8) is 0 Å². The Kier molecular flexibility index (Phi) is 17.3. The van der Waals surface area contributed by atoms with Crippen molar-refractivity contribution in [3.05, 3.63) is 176 Å². The fourth-order valence-corrected chi connectivity index (χ4v) is 5.70. The molecular weight excluding hydrogens is 1100 g/mol. The number of fused-ring (bicyclic) bond motifs is 4. The zero-order chi connectivity index (χ0) is 39.3. The average molecular weight is 1140 g/mol. The molecule has 0 saturated heterocycles. The van der Waals surface area contributed by atoms with Crippen molar-refractivity contribution >= 4 is 40.4 Å². The van der Waals surface area contributed by atoms with Gasteiger partial charge in [-0.05, 0) is 92.3 Å². The summed E-state index contributed by atoms with van der Waals surface area (Å²) in [5.74, 6) is 3.94. The van der Waals surface area contributed by atoms with Crippen molar-refractivity contribution in [2.75, 3.05) is 9.80 Å². The van der Waals surface area contributed by atoms with Gasteiger partial charge in [-0.1, -0.05) is 42.5 Å². The molecule has 2 unspecified atom stereocenters. The van der Waals surface area contributed by atoms with Gasteiger partial charge in [-0.2, -0.15) is 36.4 Å². The van der Waals surface area contributed by atoms with Crippen LogP contribution in [0.5, 0.6) is 23.0 Å². The number of pyridine rings is 3. The average Bonchev–Trinajstić information content (AvgIpc) is 3.23. The van der Waals surface area contributed by atoms with Crippen LogP contribution in [0.3, 0.4) is 0 Å². The molecule has 13 heteroatoms. The first-order chi connectivity index (χ1) is 27.3. The topological polar surface area (TPSA) is 141 Å². The van der Waals surface area contributed by atoms with E-state index in [4.69, 9.17) is 24.8 Å². The van der Waals surface area contributed by atoms with E-state index in [1.807, 2.05) is 121 Å². The number of hydrogen-bond acceptors (Lipinski definition) is 10. The molecule has 2 aliphatic heterocycles. The zero-order valence-electron chi connectivity index (χ0n) is 31.3. The molecule has 9 rings (SSSR count). The molecular formula is C45H39N5O6Pt2-2. The molecule has 0 aliphatic carbocycles. The van der Waals surface area contributed by atoms with Crippen LogP contribution >= 0.6 is 0 Å². The third-order valence-corrected chi connectivity index (χ3v) is 8.02. The minimum absolute atomic E-state index is 0. The largest absolute Gasteiger partial charge is 0.513 e. The molecule has 0 fully saturated rings. The van der Waals surface area contributed by atoms with E-state index in [0.717, 1.165) is 57.4 Å². The minimum Gasteiger partial charge on any atom is -0.513 e. The van der Waals surface area contributed by atoms with Crippen molar-refractivity contribution < 1.29 is 71.7 Å². The number of aromatic carboxylic acids is 1. The summed E-state index contributed by atoms with van der Waals surface area (Å²) in [4.78, 5) is 26.7. The third kappa shape index (κ3) is 11.7. The normalized spacial score (nSPS) is 12.1. The van der Waals surface area contributed by atoms with E-state index in [1.54, 1.807) is 38.4 Å². The number of nitrogens with zero attached hydrogens (tertiary/aromatic N) is 5. The van der Waals surface area contributed by atoms with Gasteiger partial charge in [-0.25, -0.2) is 19.7 Å². The van der Waals surface area contributed by atoms with Gasteiger partial charge in [0.05, 0.1) is 23.6 Å². The van der Waals surface area contributed by atoms with E-state index >= 15 is 0 Å². The molecule has 5 heterocycles. The maximum absolute atomic E-state index is 10.1. The van der Waals surface area contributed by atoms with Crippen molar-refractivity contribution in [1.29, 1.82) is 0 Å². The van der Waals surface area contributed by atoms with Crippen LogP contribution in [0.2, 0.25) is 0 Å². The van der Waals surface area contributed by atoms with Crippen LogP contribution in [0.4, 0.5) is 34.4 Å². The molecule has 302 valence electrons.